The van der Waals surface area contributed by atoms with E-state index in [9.17, 15) is 14.4 Å². The highest BCUT2D eigenvalue weighted by Gasteiger charge is 2.34. The standard InChI is InChI=1S/C21H22N8O4S/c1-29-17(31)9-23-13-2-3-16(28-19(13)29)33-5-4-22-7-11-6-12(20(32)25-11)14-8-24-21-18(26-14)27-15(30)10-34-21/h2-3,8-9,11-12,22H,4-7,10H2,1H3,(H,25,32)(H,26,27,30)/t11?,12-/m0/s1. The molecule has 1 saturated heterocycles. The molecule has 5 rings (SSSR count). The fourth-order valence-electron chi connectivity index (χ4n) is 3.86. The quantitative estimate of drug-likeness (QED) is 0.386. The predicted molar refractivity (Wildman–Crippen MR) is 124 cm³/mol. The molecule has 0 aliphatic carbocycles. The van der Waals surface area contributed by atoms with Crippen molar-refractivity contribution in [3.05, 3.63) is 40.6 Å². The number of thioether (sulfide) groups is 1. The summed E-state index contributed by atoms with van der Waals surface area (Å²) in [6.07, 6.45) is 3.45. The zero-order valence-electron chi connectivity index (χ0n) is 18.3. The summed E-state index contributed by atoms with van der Waals surface area (Å²) in [6, 6.07) is 3.41. The van der Waals surface area contributed by atoms with Gasteiger partial charge in [0.1, 0.15) is 17.1 Å². The van der Waals surface area contributed by atoms with Crippen molar-refractivity contribution < 1.29 is 14.3 Å². The average Bonchev–Trinajstić information content (AvgIpc) is 3.21. The second-order valence-electron chi connectivity index (χ2n) is 7.98. The van der Waals surface area contributed by atoms with Crippen LogP contribution in [0.15, 0.2) is 34.3 Å². The molecule has 2 atom stereocenters. The summed E-state index contributed by atoms with van der Waals surface area (Å²) in [5.74, 6) is 0.504. The highest BCUT2D eigenvalue weighted by molar-refractivity contribution is 8.00. The smallest absolute Gasteiger partial charge is 0.270 e. The van der Waals surface area contributed by atoms with Gasteiger partial charge in [-0.15, -0.1) is 0 Å². The number of hydrogen-bond acceptors (Lipinski definition) is 10. The first kappa shape index (κ1) is 22.2. The van der Waals surface area contributed by atoms with Crippen LogP contribution in [0.3, 0.4) is 0 Å². The van der Waals surface area contributed by atoms with Crippen LogP contribution in [0.25, 0.3) is 11.2 Å². The number of nitrogens with one attached hydrogen (secondary N) is 3. The number of aromatic nitrogens is 5. The molecule has 0 aromatic carbocycles. The third kappa shape index (κ3) is 4.56. The maximum absolute atomic E-state index is 12.5. The molecule has 3 N–H and O–H groups in total. The molecule has 12 nitrogen and oxygen atoms in total. The molecule has 2 aliphatic heterocycles. The van der Waals surface area contributed by atoms with Crippen molar-refractivity contribution >= 4 is 40.6 Å². The zero-order chi connectivity index (χ0) is 23.7. The van der Waals surface area contributed by atoms with Crippen molar-refractivity contribution in [2.45, 2.75) is 23.4 Å². The van der Waals surface area contributed by atoms with E-state index in [0.29, 0.717) is 65.5 Å². The van der Waals surface area contributed by atoms with E-state index in [1.165, 1.54) is 22.5 Å². The van der Waals surface area contributed by atoms with Gasteiger partial charge in [0, 0.05) is 32.2 Å². The molecular formula is C21H22N8O4S. The van der Waals surface area contributed by atoms with Gasteiger partial charge in [0.2, 0.25) is 17.7 Å². The van der Waals surface area contributed by atoms with Crippen LogP contribution in [0, 0.1) is 0 Å². The molecule has 176 valence electrons. The Morgan fingerprint density at radius 1 is 1.21 bits per heavy atom. The third-order valence-corrected chi connectivity index (χ3v) is 6.59. The molecule has 13 heteroatoms. The number of hydrogen-bond donors (Lipinski definition) is 3. The predicted octanol–water partition coefficient (Wildman–Crippen LogP) is -0.197. The van der Waals surface area contributed by atoms with Crippen molar-refractivity contribution in [3.63, 3.8) is 0 Å². The lowest BCUT2D eigenvalue weighted by atomic mass is 10.0. The van der Waals surface area contributed by atoms with Gasteiger partial charge in [0.05, 0.1) is 29.8 Å². The maximum Gasteiger partial charge on any atom is 0.270 e. The third-order valence-electron chi connectivity index (χ3n) is 5.61. The van der Waals surface area contributed by atoms with Crippen molar-refractivity contribution in [2.75, 3.05) is 30.8 Å². The summed E-state index contributed by atoms with van der Waals surface area (Å²) in [7, 11) is 1.64. The summed E-state index contributed by atoms with van der Waals surface area (Å²) in [6.45, 7) is 1.48. The van der Waals surface area contributed by atoms with E-state index in [1.807, 2.05) is 0 Å². The van der Waals surface area contributed by atoms with Crippen LogP contribution in [-0.2, 0) is 16.6 Å². The molecule has 0 spiro atoms. The second-order valence-corrected chi connectivity index (χ2v) is 8.94. The van der Waals surface area contributed by atoms with Gasteiger partial charge in [-0.25, -0.2) is 15.0 Å². The Kier molecular flexibility index (Phi) is 6.11. The molecule has 3 aromatic heterocycles. The van der Waals surface area contributed by atoms with Crippen LogP contribution in [0.1, 0.15) is 18.0 Å². The van der Waals surface area contributed by atoms with Crippen LogP contribution in [0.2, 0.25) is 0 Å². The summed E-state index contributed by atoms with van der Waals surface area (Å²) >= 11 is 1.33. The van der Waals surface area contributed by atoms with Crippen molar-refractivity contribution in [3.8, 4) is 5.88 Å². The van der Waals surface area contributed by atoms with Gasteiger partial charge in [0.25, 0.3) is 5.56 Å². The van der Waals surface area contributed by atoms with Crippen LogP contribution in [0.4, 0.5) is 5.82 Å². The molecule has 1 unspecified atom stereocenters. The van der Waals surface area contributed by atoms with Gasteiger partial charge in [-0.05, 0) is 12.5 Å². The monoisotopic (exact) mass is 482 g/mol. The van der Waals surface area contributed by atoms with E-state index in [4.69, 9.17) is 4.74 Å². The Morgan fingerprint density at radius 3 is 2.97 bits per heavy atom. The molecule has 5 heterocycles. The van der Waals surface area contributed by atoms with E-state index in [-0.39, 0.29) is 23.4 Å². The van der Waals surface area contributed by atoms with Gasteiger partial charge in [0.15, 0.2) is 11.5 Å². The van der Waals surface area contributed by atoms with Crippen molar-refractivity contribution in [2.24, 2.45) is 7.05 Å². The zero-order valence-corrected chi connectivity index (χ0v) is 19.1. The number of ether oxygens (including phenoxy) is 1. The largest absolute Gasteiger partial charge is 0.476 e. The normalized spacial score (nSPS) is 19.6. The van der Waals surface area contributed by atoms with Gasteiger partial charge in [-0.3, -0.25) is 19.0 Å². The van der Waals surface area contributed by atoms with E-state index in [0.717, 1.165) is 0 Å². The lowest BCUT2D eigenvalue weighted by Crippen LogP contribution is -2.37. The first-order valence-corrected chi connectivity index (χ1v) is 11.7. The lowest BCUT2D eigenvalue weighted by molar-refractivity contribution is -0.120. The van der Waals surface area contributed by atoms with Gasteiger partial charge < -0.3 is 20.7 Å². The van der Waals surface area contributed by atoms with E-state index in [1.54, 1.807) is 25.4 Å². The van der Waals surface area contributed by atoms with Crippen LogP contribution < -0.4 is 26.2 Å². The van der Waals surface area contributed by atoms with Gasteiger partial charge >= 0.3 is 0 Å². The molecule has 2 aliphatic rings. The first-order chi connectivity index (χ1) is 16.5. The Hall–Kier alpha value is -3.58. The van der Waals surface area contributed by atoms with Gasteiger partial charge in [-0.1, -0.05) is 11.8 Å². The van der Waals surface area contributed by atoms with Crippen LogP contribution in [-0.4, -0.2) is 67.8 Å². The summed E-state index contributed by atoms with van der Waals surface area (Å²) in [5.41, 5.74) is 1.39. The first-order valence-electron chi connectivity index (χ1n) is 10.7. The summed E-state index contributed by atoms with van der Waals surface area (Å²) in [5, 5.41) is 9.63. The van der Waals surface area contributed by atoms with E-state index in [2.05, 4.69) is 35.9 Å². The lowest BCUT2D eigenvalue weighted by Gasteiger charge is -2.16. The minimum absolute atomic E-state index is 0.0568. The number of rotatable bonds is 7. The molecular weight excluding hydrogens is 460 g/mol. The molecule has 0 radical (unpaired) electrons. The number of anilines is 1. The number of nitrogens with zero attached hydrogens (tertiary/aromatic N) is 5. The highest BCUT2D eigenvalue weighted by atomic mass is 32.2. The number of carbonyl (C=O) groups excluding carboxylic acids is 2. The topological polar surface area (TPSA) is 153 Å². The Labute approximate surface area is 197 Å². The van der Waals surface area contributed by atoms with Gasteiger partial charge in [-0.2, -0.15) is 4.98 Å². The Balaban J connectivity index is 1.11. The number of pyridine rings is 1. The molecule has 3 aromatic rings. The maximum atomic E-state index is 12.5. The summed E-state index contributed by atoms with van der Waals surface area (Å²) < 4.78 is 7.11. The van der Waals surface area contributed by atoms with E-state index >= 15 is 0 Å². The SMILES string of the molecule is Cn1c(=O)cnc2ccc(OCCNCC3C[C@@H](c4cnc5c(n4)NC(=O)CS5)C(=O)N3)nc21. The second kappa shape index (κ2) is 9.35. The Bertz CT molecular complexity index is 1330. The average molecular weight is 483 g/mol. The fourth-order valence-corrected chi connectivity index (χ4v) is 4.56. The van der Waals surface area contributed by atoms with Crippen LogP contribution in [0.5, 0.6) is 5.88 Å². The molecule has 34 heavy (non-hydrogen) atoms. The molecule has 2 amide bonds. The van der Waals surface area contributed by atoms with Crippen LogP contribution >= 0.6 is 11.8 Å². The van der Waals surface area contributed by atoms with E-state index < -0.39 is 5.92 Å². The Morgan fingerprint density at radius 2 is 2.09 bits per heavy atom. The minimum Gasteiger partial charge on any atom is -0.476 e. The number of fused-ring (bicyclic) bond motifs is 2. The summed E-state index contributed by atoms with van der Waals surface area (Å²) in [4.78, 5) is 53.1. The van der Waals surface area contributed by atoms with Crippen molar-refractivity contribution in [1.82, 2.24) is 35.1 Å². The number of aryl methyl sites for hydroxylation is 1. The molecule has 0 saturated carbocycles. The molecule has 0 bridgehead atoms. The van der Waals surface area contributed by atoms with Crippen molar-refractivity contribution in [1.29, 1.82) is 0 Å². The number of carbonyl (C=O) groups is 2. The minimum atomic E-state index is -0.410. The number of amides is 2. The fraction of sp³-hybridized carbons (Fsp3) is 0.381. The molecule has 1 fully saturated rings. The highest BCUT2D eigenvalue weighted by Crippen LogP contribution is 2.31.